The highest BCUT2D eigenvalue weighted by atomic mass is 32.1. The molecule has 0 bridgehead atoms. The summed E-state index contributed by atoms with van der Waals surface area (Å²) in [6, 6.07) is 6.16. The van der Waals surface area contributed by atoms with Gasteiger partial charge in [-0.1, -0.05) is 23.8 Å². The number of hydrogen-bond donors (Lipinski definition) is 1. The molecule has 0 amide bonds. The number of methoxy groups -OCH3 is 2. The van der Waals surface area contributed by atoms with Crippen molar-refractivity contribution < 1.29 is 9.47 Å². The molecule has 0 aromatic heterocycles. The van der Waals surface area contributed by atoms with E-state index in [2.05, 4.69) is 17.0 Å². The molecule has 4 nitrogen and oxygen atoms in total. The molecule has 2 rings (SSSR count). The number of nitrogens with zero attached hydrogens (tertiary/aromatic N) is 1. The third-order valence-electron chi connectivity index (χ3n) is 3.58. The van der Waals surface area contributed by atoms with Gasteiger partial charge in [0.25, 0.3) is 0 Å². The van der Waals surface area contributed by atoms with Gasteiger partial charge in [0.05, 0.1) is 0 Å². The molecule has 5 heteroatoms. The first-order chi connectivity index (χ1) is 9.06. The Hall–Kier alpha value is -1.17. The van der Waals surface area contributed by atoms with Crippen LogP contribution in [0, 0.1) is 6.92 Å². The molecule has 19 heavy (non-hydrogen) atoms. The van der Waals surface area contributed by atoms with Gasteiger partial charge in [-0.05, 0) is 19.1 Å². The Balaban J connectivity index is 2.30. The highest BCUT2D eigenvalue weighted by molar-refractivity contribution is 7.80. The smallest absolute Gasteiger partial charge is 0.106 e. The fourth-order valence-electron chi connectivity index (χ4n) is 2.52. The molecular weight excluding hydrogens is 260 g/mol. The van der Waals surface area contributed by atoms with Crippen LogP contribution in [0.4, 0.5) is 5.69 Å². The Morgan fingerprint density at radius 2 is 1.84 bits per heavy atom. The van der Waals surface area contributed by atoms with Crippen molar-refractivity contribution in [3.05, 3.63) is 29.3 Å². The van der Waals surface area contributed by atoms with Gasteiger partial charge in [0.2, 0.25) is 0 Å². The van der Waals surface area contributed by atoms with Gasteiger partial charge in [-0.15, -0.1) is 0 Å². The maximum atomic E-state index is 5.83. The van der Waals surface area contributed by atoms with Crippen LogP contribution in [0.1, 0.15) is 11.1 Å². The zero-order valence-corrected chi connectivity index (χ0v) is 12.4. The van der Waals surface area contributed by atoms with Crippen LogP contribution in [-0.4, -0.2) is 44.5 Å². The summed E-state index contributed by atoms with van der Waals surface area (Å²) in [6.45, 7) is 3.60. The zero-order valence-electron chi connectivity index (χ0n) is 11.6. The van der Waals surface area contributed by atoms with E-state index in [9.17, 15) is 0 Å². The summed E-state index contributed by atoms with van der Waals surface area (Å²) in [4.78, 5) is 2.64. The lowest BCUT2D eigenvalue weighted by Gasteiger charge is -2.21. The molecule has 0 saturated carbocycles. The van der Waals surface area contributed by atoms with E-state index in [-0.39, 0.29) is 12.2 Å². The number of ether oxygens (including phenoxy) is 2. The fraction of sp³-hybridized carbons (Fsp3) is 0.500. The van der Waals surface area contributed by atoms with Crippen molar-refractivity contribution in [1.29, 1.82) is 0 Å². The Bertz CT molecular complexity index is 467. The van der Waals surface area contributed by atoms with Crippen LogP contribution < -0.4 is 10.6 Å². The molecule has 0 aliphatic carbocycles. The van der Waals surface area contributed by atoms with Crippen molar-refractivity contribution in [3.8, 4) is 0 Å². The normalized spacial score (nSPS) is 22.8. The topological polar surface area (TPSA) is 47.7 Å². The largest absolute Gasteiger partial charge is 0.389 e. The molecule has 1 saturated heterocycles. The van der Waals surface area contributed by atoms with E-state index in [0.717, 1.165) is 29.9 Å². The van der Waals surface area contributed by atoms with Crippen LogP contribution in [0.2, 0.25) is 0 Å². The van der Waals surface area contributed by atoms with Gasteiger partial charge < -0.3 is 20.1 Å². The minimum absolute atomic E-state index is 0.0745. The number of rotatable bonds is 4. The predicted molar refractivity (Wildman–Crippen MR) is 80.9 cm³/mol. The minimum Gasteiger partial charge on any atom is -0.389 e. The van der Waals surface area contributed by atoms with Crippen molar-refractivity contribution >= 4 is 22.9 Å². The summed E-state index contributed by atoms with van der Waals surface area (Å²) in [6.07, 6.45) is 0.149. The van der Waals surface area contributed by atoms with Gasteiger partial charge in [0.15, 0.2) is 0 Å². The summed E-state index contributed by atoms with van der Waals surface area (Å²) in [5.41, 5.74) is 8.95. The lowest BCUT2D eigenvalue weighted by Crippen LogP contribution is -2.27. The van der Waals surface area contributed by atoms with Crippen LogP contribution >= 0.6 is 12.2 Å². The van der Waals surface area contributed by atoms with E-state index in [1.807, 2.05) is 13.0 Å². The fourth-order valence-corrected chi connectivity index (χ4v) is 2.68. The van der Waals surface area contributed by atoms with Crippen molar-refractivity contribution in [2.24, 2.45) is 5.73 Å². The molecule has 1 aliphatic rings. The SMILES string of the molecule is COC1CN(c2ccc(C)cc2C(N)=S)CC1OC. The molecule has 0 radical (unpaired) electrons. The van der Waals surface area contributed by atoms with Gasteiger partial charge in [0.1, 0.15) is 17.2 Å². The number of aryl methyl sites for hydroxylation is 1. The molecule has 1 heterocycles. The second-order valence-electron chi connectivity index (χ2n) is 4.84. The number of nitrogens with two attached hydrogens (primary N) is 1. The van der Waals surface area contributed by atoms with Crippen molar-refractivity contribution in [3.63, 3.8) is 0 Å². The van der Waals surface area contributed by atoms with Crippen LogP contribution in [-0.2, 0) is 9.47 Å². The standard InChI is InChI=1S/C14H20N2O2S/c1-9-4-5-11(10(6-9)14(15)19)16-7-12(17-2)13(8-16)18-3/h4-6,12-13H,7-8H2,1-3H3,(H2,15,19). The van der Waals surface area contributed by atoms with Gasteiger partial charge in [-0.25, -0.2) is 0 Å². The molecule has 1 aromatic rings. The number of benzene rings is 1. The second-order valence-corrected chi connectivity index (χ2v) is 5.28. The average molecular weight is 280 g/mol. The molecule has 1 aliphatic heterocycles. The maximum Gasteiger partial charge on any atom is 0.106 e. The van der Waals surface area contributed by atoms with Crippen LogP contribution in [0.3, 0.4) is 0 Å². The number of anilines is 1. The van der Waals surface area contributed by atoms with Crippen molar-refractivity contribution in [2.45, 2.75) is 19.1 Å². The van der Waals surface area contributed by atoms with E-state index in [0.29, 0.717) is 4.99 Å². The van der Waals surface area contributed by atoms with Crippen molar-refractivity contribution in [1.82, 2.24) is 0 Å². The molecule has 1 fully saturated rings. The third kappa shape index (κ3) is 2.88. The lowest BCUT2D eigenvalue weighted by molar-refractivity contribution is -0.00461. The zero-order chi connectivity index (χ0) is 14.0. The number of hydrogen-bond acceptors (Lipinski definition) is 4. The van der Waals surface area contributed by atoms with Gasteiger partial charge in [-0.3, -0.25) is 0 Å². The minimum atomic E-state index is 0.0745. The summed E-state index contributed by atoms with van der Waals surface area (Å²) >= 11 is 5.15. The van der Waals surface area contributed by atoms with Crippen molar-refractivity contribution in [2.75, 3.05) is 32.2 Å². The van der Waals surface area contributed by atoms with Crippen LogP contribution in [0.25, 0.3) is 0 Å². The van der Waals surface area contributed by atoms with E-state index >= 15 is 0 Å². The molecule has 2 atom stereocenters. The molecule has 0 spiro atoms. The Labute approximate surface area is 119 Å². The summed E-state index contributed by atoms with van der Waals surface area (Å²) in [5.74, 6) is 0. The first kappa shape index (κ1) is 14.2. The highest BCUT2D eigenvalue weighted by Gasteiger charge is 2.34. The molecular formula is C14H20N2O2S. The summed E-state index contributed by atoms with van der Waals surface area (Å²) in [5, 5.41) is 0. The monoisotopic (exact) mass is 280 g/mol. The summed E-state index contributed by atoms with van der Waals surface area (Å²) in [7, 11) is 3.42. The van der Waals surface area contributed by atoms with Crippen LogP contribution in [0.15, 0.2) is 18.2 Å². The predicted octanol–water partition coefficient (Wildman–Crippen LogP) is 1.48. The highest BCUT2D eigenvalue weighted by Crippen LogP contribution is 2.27. The second kappa shape index (κ2) is 5.86. The molecule has 1 aromatic carbocycles. The Kier molecular flexibility index (Phi) is 4.39. The molecule has 104 valence electrons. The quantitative estimate of drug-likeness (QED) is 0.847. The lowest BCUT2D eigenvalue weighted by atomic mass is 10.1. The van der Waals surface area contributed by atoms with Gasteiger partial charge in [0, 0.05) is 38.6 Å². The van der Waals surface area contributed by atoms with Crippen LogP contribution in [0.5, 0.6) is 0 Å². The first-order valence-electron chi connectivity index (χ1n) is 6.27. The van der Waals surface area contributed by atoms with E-state index < -0.39 is 0 Å². The Morgan fingerprint density at radius 3 is 2.32 bits per heavy atom. The van der Waals surface area contributed by atoms with E-state index in [1.54, 1.807) is 14.2 Å². The van der Waals surface area contributed by atoms with Gasteiger partial charge in [-0.2, -0.15) is 0 Å². The van der Waals surface area contributed by atoms with Gasteiger partial charge >= 0.3 is 0 Å². The molecule has 2 N–H and O–H groups in total. The third-order valence-corrected chi connectivity index (χ3v) is 3.80. The first-order valence-corrected chi connectivity index (χ1v) is 6.68. The number of thiocarbonyl (C=S) groups is 1. The Morgan fingerprint density at radius 1 is 1.26 bits per heavy atom. The van der Waals surface area contributed by atoms with E-state index in [1.165, 1.54) is 0 Å². The average Bonchev–Trinajstić information content (AvgIpc) is 2.81. The maximum absolute atomic E-state index is 5.83. The molecule has 2 unspecified atom stereocenters. The van der Waals surface area contributed by atoms with E-state index in [4.69, 9.17) is 27.4 Å². The summed E-state index contributed by atoms with van der Waals surface area (Å²) < 4.78 is 10.9.